The molecule has 5 nitrogen and oxygen atoms in total. The number of hydrogen-bond donors (Lipinski definition) is 3. The van der Waals surface area contributed by atoms with Crippen LogP contribution in [-0.4, -0.2) is 59.6 Å². The van der Waals surface area contributed by atoms with Gasteiger partial charge in [0.25, 0.3) is 0 Å². The summed E-state index contributed by atoms with van der Waals surface area (Å²) >= 11 is 0. The third-order valence-corrected chi connectivity index (χ3v) is 3.17. The van der Waals surface area contributed by atoms with Gasteiger partial charge in [-0.25, -0.2) is 0 Å². The Labute approximate surface area is 114 Å². The topological polar surface area (TPSA) is 79.2 Å². The molecule has 1 fully saturated rings. The standard InChI is InChI=1S/C14H26O5/c1-2-3-4-5-6-7-8-18-9-12(16)14-13(17)11(15)10-19-14/h3-4,11-17H,2,5-10H2,1H3/b4-3+/t11-,12+,13-,14-/m1/s1. The van der Waals surface area contributed by atoms with Crippen molar-refractivity contribution in [1.82, 2.24) is 0 Å². The zero-order valence-electron chi connectivity index (χ0n) is 11.6. The maximum Gasteiger partial charge on any atom is 0.114 e. The van der Waals surface area contributed by atoms with E-state index in [0.717, 1.165) is 25.7 Å². The number of aliphatic hydroxyl groups excluding tert-OH is 3. The molecule has 0 amide bonds. The summed E-state index contributed by atoms with van der Waals surface area (Å²) in [5.74, 6) is 0. The van der Waals surface area contributed by atoms with E-state index in [4.69, 9.17) is 9.47 Å². The summed E-state index contributed by atoms with van der Waals surface area (Å²) in [6.45, 7) is 2.88. The second-order valence-corrected chi connectivity index (χ2v) is 4.87. The molecule has 0 saturated carbocycles. The number of aliphatic hydroxyl groups is 3. The molecule has 0 aromatic carbocycles. The molecule has 3 N–H and O–H groups in total. The maximum absolute atomic E-state index is 9.78. The van der Waals surface area contributed by atoms with E-state index in [0.29, 0.717) is 6.61 Å². The molecule has 0 aliphatic carbocycles. The largest absolute Gasteiger partial charge is 0.388 e. The van der Waals surface area contributed by atoms with Gasteiger partial charge in [-0.05, 0) is 25.7 Å². The number of hydrogen-bond acceptors (Lipinski definition) is 5. The van der Waals surface area contributed by atoms with Crippen LogP contribution in [0.5, 0.6) is 0 Å². The van der Waals surface area contributed by atoms with Crippen LogP contribution in [-0.2, 0) is 9.47 Å². The van der Waals surface area contributed by atoms with Crippen LogP contribution in [0.4, 0.5) is 0 Å². The van der Waals surface area contributed by atoms with Gasteiger partial charge in [0.15, 0.2) is 0 Å². The summed E-state index contributed by atoms with van der Waals surface area (Å²) in [5.41, 5.74) is 0. The quantitative estimate of drug-likeness (QED) is 0.424. The van der Waals surface area contributed by atoms with E-state index in [9.17, 15) is 15.3 Å². The van der Waals surface area contributed by atoms with Crippen LogP contribution >= 0.6 is 0 Å². The van der Waals surface area contributed by atoms with Gasteiger partial charge in [0.1, 0.15) is 24.4 Å². The molecule has 0 aromatic rings. The third kappa shape index (κ3) is 6.01. The lowest BCUT2D eigenvalue weighted by molar-refractivity contribution is -0.0813. The highest BCUT2D eigenvalue weighted by molar-refractivity contribution is 4.87. The van der Waals surface area contributed by atoms with E-state index in [1.807, 2.05) is 0 Å². The molecule has 1 rings (SSSR count). The lowest BCUT2D eigenvalue weighted by Crippen LogP contribution is -2.40. The first-order chi connectivity index (χ1) is 9.16. The zero-order chi connectivity index (χ0) is 14.1. The van der Waals surface area contributed by atoms with Gasteiger partial charge in [0.05, 0.1) is 13.2 Å². The molecule has 0 aromatic heterocycles. The van der Waals surface area contributed by atoms with E-state index in [-0.39, 0.29) is 13.2 Å². The van der Waals surface area contributed by atoms with Crippen LogP contribution in [0.15, 0.2) is 12.2 Å². The Morgan fingerprint density at radius 3 is 2.74 bits per heavy atom. The van der Waals surface area contributed by atoms with E-state index < -0.39 is 24.4 Å². The highest BCUT2D eigenvalue weighted by atomic mass is 16.5. The van der Waals surface area contributed by atoms with Crippen molar-refractivity contribution in [1.29, 1.82) is 0 Å². The summed E-state index contributed by atoms with van der Waals surface area (Å²) in [7, 11) is 0. The van der Waals surface area contributed by atoms with Crippen molar-refractivity contribution in [2.24, 2.45) is 0 Å². The average molecular weight is 274 g/mol. The number of rotatable bonds is 9. The number of unbranched alkanes of at least 4 members (excludes halogenated alkanes) is 2. The lowest BCUT2D eigenvalue weighted by atomic mass is 10.1. The van der Waals surface area contributed by atoms with Gasteiger partial charge in [-0.1, -0.05) is 19.1 Å². The number of allylic oxidation sites excluding steroid dienone is 2. The molecule has 1 aliphatic rings. The van der Waals surface area contributed by atoms with Gasteiger partial charge in [0.2, 0.25) is 0 Å². The predicted molar refractivity (Wildman–Crippen MR) is 71.9 cm³/mol. The first-order valence-electron chi connectivity index (χ1n) is 7.05. The minimum absolute atomic E-state index is 0.0622. The molecule has 19 heavy (non-hydrogen) atoms. The summed E-state index contributed by atoms with van der Waals surface area (Å²) in [6.07, 6.45) is 4.85. The molecule has 0 radical (unpaired) electrons. The van der Waals surface area contributed by atoms with Crippen LogP contribution in [0.2, 0.25) is 0 Å². The van der Waals surface area contributed by atoms with Crippen molar-refractivity contribution >= 4 is 0 Å². The van der Waals surface area contributed by atoms with E-state index in [1.165, 1.54) is 0 Å². The SMILES string of the molecule is CC/C=C/CCCCOC[C@H](O)[C@H]1OC[C@@H](O)[C@H]1O. The molecular weight excluding hydrogens is 248 g/mol. The van der Waals surface area contributed by atoms with Crippen LogP contribution in [0.1, 0.15) is 32.6 Å². The first-order valence-corrected chi connectivity index (χ1v) is 7.05. The molecular formula is C14H26O5. The van der Waals surface area contributed by atoms with Crippen LogP contribution < -0.4 is 0 Å². The average Bonchev–Trinajstić information content (AvgIpc) is 2.73. The van der Waals surface area contributed by atoms with Crippen LogP contribution in [0, 0.1) is 0 Å². The van der Waals surface area contributed by atoms with Crippen molar-refractivity contribution in [2.45, 2.75) is 57.0 Å². The Morgan fingerprint density at radius 1 is 1.32 bits per heavy atom. The predicted octanol–water partition coefficient (Wildman–Crippen LogP) is 0.621. The molecule has 4 atom stereocenters. The fraction of sp³-hybridized carbons (Fsp3) is 0.857. The zero-order valence-corrected chi connectivity index (χ0v) is 11.6. The van der Waals surface area contributed by atoms with Crippen molar-refractivity contribution in [2.75, 3.05) is 19.8 Å². The maximum atomic E-state index is 9.78. The van der Waals surface area contributed by atoms with Crippen LogP contribution in [0.25, 0.3) is 0 Å². The summed E-state index contributed by atoms with van der Waals surface area (Å²) < 4.78 is 10.5. The van der Waals surface area contributed by atoms with Crippen LogP contribution in [0.3, 0.4) is 0 Å². The highest BCUT2D eigenvalue weighted by Crippen LogP contribution is 2.17. The number of ether oxygens (including phenoxy) is 2. The first kappa shape index (κ1) is 16.6. The Kier molecular flexibility index (Phi) is 8.25. The van der Waals surface area contributed by atoms with Gasteiger partial charge in [-0.3, -0.25) is 0 Å². The molecule has 5 heteroatoms. The minimum Gasteiger partial charge on any atom is -0.388 e. The Morgan fingerprint density at radius 2 is 2.11 bits per heavy atom. The molecule has 1 aliphatic heterocycles. The van der Waals surface area contributed by atoms with Crippen molar-refractivity contribution < 1.29 is 24.8 Å². The molecule has 0 bridgehead atoms. The smallest absolute Gasteiger partial charge is 0.114 e. The second kappa shape index (κ2) is 9.44. The van der Waals surface area contributed by atoms with Gasteiger partial charge in [-0.15, -0.1) is 0 Å². The molecule has 1 saturated heterocycles. The van der Waals surface area contributed by atoms with Crippen molar-refractivity contribution in [3.63, 3.8) is 0 Å². The van der Waals surface area contributed by atoms with Gasteiger partial charge in [-0.2, -0.15) is 0 Å². The Bertz CT molecular complexity index is 256. The molecule has 0 spiro atoms. The normalized spacial score (nSPS) is 29.2. The summed E-state index contributed by atoms with van der Waals surface area (Å²) in [6, 6.07) is 0. The van der Waals surface area contributed by atoms with Gasteiger partial charge >= 0.3 is 0 Å². The van der Waals surface area contributed by atoms with E-state index in [1.54, 1.807) is 0 Å². The summed E-state index contributed by atoms with van der Waals surface area (Å²) in [5, 5.41) is 28.6. The fourth-order valence-electron chi connectivity index (χ4n) is 2.01. The lowest BCUT2D eigenvalue weighted by Gasteiger charge is -2.20. The fourth-order valence-corrected chi connectivity index (χ4v) is 2.01. The molecule has 0 unspecified atom stereocenters. The third-order valence-electron chi connectivity index (χ3n) is 3.17. The van der Waals surface area contributed by atoms with E-state index in [2.05, 4.69) is 19.1 Å². The molecule has 1 heterocycles. The van der Waals surface area contributed by atoms with Crippen molar-refractivity contribution in [3.8, 4) is 0 Å². The monoisotopic (exact) mass is 274 g/mol. The highest BCUT2D eigenvalue weighted by Gasteiger charge is 2.39. The Balaban J connectivity index is 2.01. The second-order valence-electron chi connectivity index (χ2n) is 4.87. The van der Waals surface area contributed by atoms with E-state index >= 15 is 0 Å². The van der Waals surface area contributed by atoms with Gasteiger partial charge in [0, 0.05) is 6.61 Å². The molecule has 112 valence electrons. The minimum atomic E-state index is -1.03. The van der Waals surface area contributed by atoms with Gasteiger partial charge < -0.3 is 24.8 Å². The summed E-state index contributed by atoms with van der Waals surface area (Å²) in [4.78, 5) is 0. The Hall–Kier alpha value is -0.460. The van der Waals surface area contributed by atoms with Crippen molar-refractivity contribution in [3.05, 3.63) is 12.2 Å².